The Labute approximate surface area is 139 Å². The standard InChI is InChI=1S/C19H24O3S/c1-12(2)18-8-7-17(10-15(18)5)22-23(20,21)19-11-14(4)13(3)9-16(19)6/h7-12H,1-6H3. The minimum absolute atomic E-state index is 0.228. The summed E-state index contributed by atoms with van der Waals surface area (Å²) < 4.78 is 30.5. The Morgan fingerprint density at radius 1 is 0.826 bits per heavy atom. The molecule has 0 aliphatic heterocycles. The summed E-state index contributed by atoms with van der Waals surface area (Å²) in [6, 6.07) is 8.98. The van der Waals surface area contributed by atoms with E-state index >= 15 is 0 Å². The molecular formula is C19H24O3S. The van der Waals surface area contributed by atoms with Gasteiger partial charge in [-0.1, -0.05) is 26.0 Å². The molecular weight excluding hydrogens is 308 g/mol. The lowest BCUT2D eigenvalue weighted by Gasteiger charge is -2.14. The van der Waals surface area contributed by atoms with Crippen molar-refractivity contribution in [1.29, 1.82) is 0 Å². The highest BCUT2D eigenvalue weighted by Gasteiger charge is 2.20. The summed E-state index contributed by atoms with van der Waals surface area (Å²) in [5, 5.41) is 0. The monoisotopic (exact) mass is 332 g/mol. The van der Waals surface area contributed by atoms with Crippen LogP contribution in [0.15, 0.2) is 35.2 Å². The third kappa shape index (κ3) is 3.75. The van der Waals surface area contributed by atoms with Gasteiger partial charge in [0.2, 0.25) is 0 Å². The van der Waals surface area contributed by atoms with Crippen molar-refractivity contribution < 1.29 is 12.6 Å². The van der Waals surface area contributed by atoms with Crippen molar-refractivity contribution >= 4 is 10.1 Å². The highest BCUT2D eigenvalue weighted by Crippen LogP contribution is 2.27. The Morgan fingerprint density at radius 3 is 2.00 bits per heavy atom. The third-order valence-corrected chi connectivity index (χ3v) is 5.52. The van der Waals surface area contributed by atoms with Crippen LogP contribution in [0.25, 0.3) is 0 Å². The summed E-state index contributed by atoms with van der Waals surface area (Å²) in [7, 11) is -3.83. The van der Waals surface area contributed by atoms with E-state index in [-0.39, 0.29) is 4.90 Å². The summed E-state index contributed by atoms with van der Waals surface area (Å²) in [6.07, 6.45) is 0. The number of hydrogen-bond donors (Lipinski definition) is 0. The van der Waals surface area contributed by atoms with Crippen LogP contribution in [0.3, 0.4) is 0 Å². The molecule has 2 aromatic carbocycles. The van der Waals surface area contributed by atoms with Crippen LogP contribution in [-0.4, -0.2) is 8.42 Å². The fraction of sp³-hybridized carbons (Fsp3) is 0.368. The van der Waals surface area contributed by atoms with Crippen molar-refractivity contribution in [2.45, 2.75) is 52.4 Å². The lowest BCUT2D eigenvalue weighted by atomic mass is 9.98. The molecule has 0 aliphatic rings. The Balaban J connectivity index is 2.39. The summed E-state index contributed by atoms with van der Waals surface area (Å²) in [5.74, 6) is 0.743. The second kappa shape index (κ2) is 6.36. The molecule has 0 fully saturated rings. The molecule has 0 spiro atoms. The molecule has 0 saturated heterocycles. The van der Waals surface area contributed by atoms with Crippen molar-refractivity contribution in [1.82, 2.24) is 0 Å². The van der Waals surface area contributed by atoms with Crippen LogP contribution in [-0.2, 0) is 10.1 Å². The largest absolute Gasteiger partial charge is 0.379 e. The van der Waals surface area contributed by atoms with Crippen LogP contribution in [0.5, 0.6) is 5.75 Å². The van der Waals surface area contributed by atoms with E-state index in [9.17, 15) is 8.42 Å². The lowest BCUT2D eigenvalue weighted by Crippen LogP contribution is -2.12. The predicted molar refractivity (Wildman–Crippen MR) is 93.7 cm³/mol. The number of benzene rings is 2. The molecule has 2 aromatic rings. The highest BCUT2D eigenvalue weighted by atomic mass is 32.2. The van der Waals surface area contributed by atoms with Gasteiger partial charge in [0.1, 0.15) is 10.6 Å². The van der Waals surface area contributed by atoms with E-state index in [1.807, 2.05) is 32.9 Å². The average Bonchev–Trinajstić information content (AvgIpc) is 2.41. The maximum absolute atomic E-state index is 12.6. The fourth-order valence-electron chi connectivity index (χ4n) is 2.72. The molecule has 0 heterocycles. The van der Waals surface area contributed by atoms with Crippen molar-refractivity contribution in [3.05, 3.63) is 58.1 Å². The van der Waals surface area contributed by atoms with E-state index in [0.29, 0.717) is 17.2 Å². The first kappa shape index (κ1) is 17.5. The maximum Gasteiger partial charge on any atom is 0.339 e. The van der Waals surface area contributed by atoms with Crippen molar-refractivity contribution in [3.63, 3.8) is 0 Å². The van der Waals surface area contributed by atoms with E-state index in [0.717, 1.165) is 16.7 Å². The molecule has 0 saturated carbocycles. The molecule has 0 unspecified atom stereocenters. The lowest BCUT2D eigenvalue weighted by molar-refractivity contribution is 0.485. The Bertz CT molecular complexity index is 834. The van der Waals surface area contributed by atoms with Gasteiger partial charge in [0.05, 0.1) is 0 Å². The normalized spacial score (nSPS) is 11.8. The van der Waals surface area contributed by atoms with Gasteiger partial charge in [-0.2, -0.15) is 8.42 Å². The first-order valence-corrected chi connectivity index (χ1v) is 9.15. The second-order valence-corrected chi connectivity index (χ2v) is 7.93. The molecule has 3 nitrogen and oxygen atoms in total. The van der Waals surface area contributed by atoms with E-state index in [1.54, 1.807) is 25.1 Å². The Hall–Kier alpha value is -1.81. The van der Waals surface area contributed by atoms with Crippen LogP contribution in [0.4, 0.5) is 0 Å². The van der Waals surface area contributed by atoms with Crippen molar-refractivity contribution in [2.24, 2.45) is 0 Å². The maximum atomic E-state index is 12.6. The second-order valence-electron chi connectivity index (χ2n) is 6.41. The molecule has 2 rings (SSSR count). The van der Waals surface area contributed by atoms with Gasteiger partial charge < -0.3 is 4.18 Å². The SMILES string of the molecule is Cc1cc(C)c(S(=O)(=O)Oc2ccc(C(C)C)c(C)c2)cc1C. The molecule has 0 atom stereocenters. The summed E-state index contributed by atoms with van der Waals surface area (Å²) >= 11 is 0. The molecule has 0 N–H and O–H groups in total. The zero-order valence-corrected chi connectivity index (χ0v) is 15.4. The van der Waals surface area contributed by atoms with Gasteiger partial charge in [0.15, 0.2) is 0 Å². The smallest absolute Gasteiger partial charge is 0.339 e. The van der Waals surface area contributed by atoms with Gasteiger partial charge in [-0.15, -0.1) is 0 Å². The van der Waals surface area contributed by atoms with E-state index in [1.165, 1.54) is 5.56 Å². The quantitative estimate of drug-likeness (QED) is 0.755. The molecule has 0 aromatic heterocycles. The predicted octanol–water partition coefficient (Wildman–Crippen LogP) is 4.81. The summed E-state index contributed by atoms with van der Waals surface area (Å²) in [6.45, 7) is 11.8. The molecule has 4 heteroatoms. The van der Waals surface area contributed by atoms with Crippen LogP contribution >= 0.6 is 0 Å². The van der Waals surface area contributed by atoms with E-state index < -0.39 is 10.1 Å². The van der Waals surface area contributed by atoms with Crippen LogP contribution in [0.1, 0.15) is 47.6 Å². The van der Waals surface area contributed by atoms with Crippen LogP contribution in [0, 0.1) is 27.7 Å². The van der Waals surface area contributed by atoms with E-state index in [4.69, 9.17) is 4.18 Å². The number of aryl methyl sites for hydroxylation is 4. The molecule has 23 heavy (non-hydrogen) atoms. The number of hydrogen-bond acceptors (Lipinski definition) is 3. The molecule has 0 radical (unpaired) electrons. The topological polar surface area (TPSA) is 43.4 Å². The van der Waals surface area contributed by atoms with Gasteiger partial charge in [0, 0.05) is 0 Å². The highest BCUT2D eigenvalue weighted by molar-refractivity contribution is 7.87. The molecule has 0 amide bonds. The molecule has 0 bridgehead atoms. The van der Waals surface area contributed by atoms with Crippen LogP contribution < -0.4 is 4.18 Å². The van der Waals surface area contributed by atoms with Gasteiger partial charge >= 0.3 is 10.1 Å². The van der Waals surface area contributed by atoms with Crippen molar-refractivity contribution in [3.8, 4) is 5.75 Å². The zero-order valence-electron chi connectivity index (χ0n) is 14.6. The first-order chi connectivity index (χ1) is 10.6. The summed E-state index contributed by atoms with van der Waals surface area (Å²) in [5.41, 5.74) is 4.92. The minimum Gasteiger partial charge on any atom is -0.379 e. The zero-order chi connectivity index (χ0) is 17.4. The van der Waals surface area contributed by atoms with Crippen LogP contribution in [0.2, 0.25) is 0 Å². The molecule has 124 valence electrons. The Kier molecular flexibility index (Phi) is 4.85. The molecule has 0 aliphatic carbocycles. The van der Waals surface area contributed by atoms with Crippen molar-refractivity contribution in [2.75, 3.05) is 0 Å². The van der Waals surface area contributed by atoms with E-state index in [2.05, 4.69) is 13.8 Å². The third-order valence-electron chi connectivity index (χ3n) is 4.13. The minimum atomic E-state index is -3.83. The van der Waals surface area contributed by atoms with Gasteiger partial charge in [-0.25, -0.2) is 0 Å². The number of rotatable bonds is 4. The van der Waals surface area contributed by atoms with Gasteiger partial charge in [-0.3, -0.25) is 0 Å². The van der Waals surface area contributed by atoms with Gasteiger partial charge in [-0.05, 0) is 79.6 Å². The average molecular weight is 332 g/mol. The first-order valence-electron chi connectivity index (χ1n) is 7.74. The van der Waals surface area contributed by atoms with Gasteiger partial charge in [0.25, 0.3) is 0 Å². The Morgan fingerprint density at radius 2 is 1.43 bits per heavy atom. The summed E-state index contributed by atoms with van der Waals surface area (Å²) in [4.78, 5) is 0.228. The fourth-order valence-corrected chi connectivity index (χ4v) is 3.94.